The molecule has 1 aromatic rings. The highest BCUT2D eigenvalue weighted by atomic mass is 16.3. The summed E-state index contributed by atoms with van der Waals surface area (Å²) in [6.45, 7) is 4.00. The zero-order valence-corrected chi connectivity index (χ0v) is 7.91. The van der Waals surface area contributed by atoms with Crippen molar-refractivity contribution >= 4 is 0 Å². The van der Waals surface area contributed by atoms with Gasteiger partial charge in [0.1, 0.15) is 5.75 Å². The molecule has 0 unspecified atom stereocenters. The van der Waals surface area contributed by atoms with Crippen LogP contribution in [0.15, 0.2) is 30.3 Å². The number of para-hydroxylation sites is 1. The first-order valence-corrected chi connectivity index (χ1v) is 3.92. The van der Waals surface area contributed by atoms with Crippen molar-refractivity contribution in [2.45, 2.75) is 13.8 Å². The van der Waals surface area contributed by atoms with Crippen molar-refractivity contribution < 1.29 is 5.11 Å². The molecule has 0 radical (unpaired) electrons. The summed E-state index contributed by atoms with van der Waals surface area (Å²) in [6, 6.07) is 8.71. The number of nitrogens with one attached hydrogen (secondary N) is 1. The van der Waals surface area contributed by atoms with Gasteiger partial charge in [-0.15, -0.1) is 0 Å². The molecule has 0 aliphatic heterocycles. The number of phenols is 1. The molecule has 0 amide bonds. The fourth-order valence-corrected chi connectivity index (χ4v) is 0.428. The minimum Gasteiger partial charge on any atom is -0.508 e. The largest absolute Gasteiger partial charge is 0.508 e. The van der Waals surface area contributed by atoms with Crippen LogP contribution >= 0.6 is 0 Å². The molecule has 0 bridgehead atoms. The predicted octanol–water partition coefficient (Wildman–Crippen LogP) is 1.50. The summed E-state index contributed by atoms with van der Waals surface area (Å²) >= 11 is 0. The van der Waals surface area contributed by atoms with Crippen LogP contribution in [-0.2, 0) is 0 Å². The zero-order valence-electron chi connectivity index (χ0n) is 7.91. The lowest BCUT2D eigenvalue weighted by Gasteiger charge is -1.82. The van der Waals surface area contributed by atoms with Crippen LogP contribution in [0.4, 0.5) is 0 Å². The van der Waals surface area contributed by atoms with Crippen LogP contribution in [0.1, 0.15) is 13.8 Å². The molecule has 0 saturated carbocycles. The standard InChI is InChI=1S/C6H6O.C2H6.CH6N2/c7-6-4-2-1-3-5-6;1-2;1-3-2/h1-5,7H;1-2H3;3H,2H2,1H3. The summed E-state index contributed by atoms with van der Waals surface area (Å²) < 4.78 is 0. The van der Waals surface area contributed by atoms with E-state index >= 15 is 0 Å². The van der Waals surface area contributed by atoms with Crippen molar-refractivity contribution in [1.82, 2.24) is 5.43 Å². The molecule has 0 atom stereocenters. The third-order valence-electron chi connectivity index (χ3n) is 0.756. The quantitative estimate of drug-likeness (QED) is 0.408. The summed E-state index contributed by atoms with van der Waals surface area (Å²) in [6.07, 6.45) is 0. The minimum atomic E-state index is 0.322. The number of hydrogen-bond donors (Lipinski definition) is 3. The number of rotatable bonds is 0. The van der Waals surface area contributed by atoms with E-state index in [1.165, 1.54) is 0 Å². The number of aromatic hydroxyl groups is 1. The number of phenolic OH excluding ortho intramolecular Hbond substituents is 1. The van der Waals surface area contributed by atoms with E-state index < -0.39 is 0 Å². The van der Waals surface area contributed by atoms with Gasteiger partial charge in [0.2, 0.25) is 0 Å². The minimum absolute atomic E-state index is 0.322. The second-order valence-electron chi connectivity index (χ2n) is 1.62. The van der Waals surface area contributed by atoms with E-state index in [9.17, 15) is 0 Å². The van der Waals surface area contributed by atoms with Gasteiger partial charge < -0.3 is 5.11 Å². The van der Waals surface area contributed by atoms with Crippen LogP contribution in [0, 0.1) is 0 Å². The van der Waals surface area contributed by atoms with Crippen molar-refractivity contribution in [2.24, 2.45) is 5.84 Å². The maximum Gasteiger partial charge on any atom is 0.115 e. The van der Waals surface area contributed by atoms with E-state index in [1.807, 2.05) is 19.9 Å². The smallest absolute Gasteiger partial charge is 0.115 e. The molecule has 1 aromatic carbocycles. The first-order valence-electron chi connectivity index (χ1n) is 3.92. The van der Waals surface area contributed by atoms with Gasteiger partial charge in [-0.1, -0.05) is 32.0 Å². The van der Waals surface area contributed by atoms with Crippen molar-refractivity contribution in [3.8, 4) is 5.75 Å². The van der Waals surface area contributed by atoms with Gasteiger partial charge in [-0.3, -0.25) is 11.3 Å². The van der Waals surface area contributed by atoms with Gasteiger partial charge in [0.05, 0.1) is 0 Å². The molecule has 0 heterocycles. The van der Waals surface area contributed by atoms with E-state index in [-0.39, 0.29) is 0 Å². The summed E-state index contributed by atoms with van der Waals surface area (Å²) in [5, 5.41) is 8.63. The molecule has 0 saturated heterocycles. The summed E-state index contributed by atoms with van der Waals surface area (Å²) in [5.41, 5.74) is 2.25. The van der Waals surface area contributed by atoms with Gasteiger partial charge in [0, 0.05) is 0 Å². The Kier molecular flexibility index (Phi) is 14.2. The number of nitrogens with two attached hydrogens (primary N) is 1. The molecule has 70 valence electrons. The van der Waals surface area contributed by atoms with Gasteiger partial charge >= 0.3 is 0 Å². The van der Waals surface area contributed by atoms with Gasteiger partial charge in [-0.2, -0.15) is 0 Å². The summed E-state index contributed by atoms with van der Waals surface area (Å²) in [5.74, 6) is 4.92. The van der Waals surface area contributed by atoms with Crippen molar-refractivity contribution in [1.29, 1.82) is 0 Å². The highest BCUT2D eigenvalue weighted by Gasteiger charge is 1.74. The molecule has 0 aliphatic carbocycles. The summed E-state index contributed by atoms with van der Waals surface area (Å²) in [4.78, 5) is 0. The maximum atomic E-state index is 8.63. The molecule has 0 aromatic heterocycles. The van der Waals surface area contributed by atoms with Crippen molar-refractivity contribution in [2.75, 3.05) is 7.05 Å². The lowest BCUT2D eigenvalue weighted by molar-refractivity contribution is 0.475. The van der Waals surface area contributed by atoms with Crippen LogP contribution < -0.4 is 11.3 Å². The van der Waals surface area contributed by atoms with E-state index in [2.05, 4.69) is 11.3 Å². The average Bonchev–Trinajstić information content (AvgIpc) is 2.11. The molecule has 3 nitrogen and oxygen atoms in total. The van der Waals surface area contributed by atoms with Crippen LogP contribution in [0.3, 0.4) is 0 Å². The van der Waals surface area contributed by atoms with Crippen LogP contribution in [0.5, 0.6) is 5.75 Å². The third kappa shape index (κ3) is 11.7. The lowest BCUT2D eigenvalue weighted by Crippen LogP contribution is -2.13. The van der Waals surface area contributed by atoms with Crippen molar-refractivity contribution in [3.05, 3.63) is 30.3 Å². The SMILES string of the molecule is CC.CNN.Oc1ccccc1. The number of hydrazine groups is 1. The number of hydrogen-bond acceptors (Lipinski definition) is 3. The lowest BCUT2D eigenvalue weighted by atomic mass is 10.3. The Hall–Kier alpha value is -1.06. The molecule has 1 rings (SSSR count). The Morgan fingerprint density at radius 3 is 1.67 bits per heavy atom. The van der Waals surface area contributed by atoms with Gasteiger partial charge in [0.25, 0.3) is 0 Å². The third-order valence-corrected chi connectivity index (χ3v) is 0.756. The number of benzene rings is 1. The first kappa shape index (κ1) is 13.5. The zero-order chi connectivity index (χ0) is 9.82. The monoisotopic (exact) mass is 170 g/mol. The normalized spacial score (nSPS) is 7.00. The average molecular weight is 170 g/mol. The highest BCUT2D eigenvalue weighted by molar-refractivity contribution is 5.18. The maximum absolute atomic E-state index is 8.63. The molecule has 0 aliphatic rings. The molecule has 12 heavy (non-hydrogen) atoms. The van der Waals surface area contributed by atoms with Crippen molar-refractivity contribution in [3.63, 3.8) is 0 Å². The Morgan fingerprint density at radius 1 is 1.17 bits per heavy atom. The molecule has 0 fully saturated rings. The van der Waals surface area contributed by atoms with E-state index in [0.717, 1.165) is 0 Å². The molecular weight excluding hydrogens is 152 g/mol. The first-order chi connectivity index (χ1) is 5.81. The predicted molar refractivity (Wildman–Crippen MR) is 52.7 cm³/mol. The van der Waals surface area contributed by atoms with Gasteiger partial charge in [0.15, 0.2) is 0 Å². The topological polar surface area (TPSA) is 58.3 Å². The van der Waals surface area contributed by atoms with Crippen LogP contribution in [0.2, 0.25) is 0 Å². The molecule has 4 N–H and O–H groups in total. The fraction of sp³-hybridized carbons (Fsp3) is 0.333. The second-order valence-corrected chi connectivity index (χ2v) is 1.62. The summed E-state index contributed by atoms with van der Waals surface area (Å²) in [7, 11) is 1.65. The van der Waals surface area contributed by atoms with Gasteiger partial charge in [-0.25, -0.2) is 0 Å². The Balaban J connectivity index is 0. The second kappa shape index (κ2) is 12.6. The Bertz CT molecular complexity index is 154. The molecular formula is C9H18N2O. The van der Waals surface area contributed by atoms with Crippen LogP contribution in [0.25, 0.3) is 0 Å². The van der Waals surface area contributed by atoms with Gasteiger partial charge in [-0.05, 0) is 19.2 Å². The van der Waals surface area contributed by atoms with E-state index in [0.29, 0.717) is 5.75 Å². The highest BCUT2D eigenvalue weighted by Crippen LogP contribution is 2.02. The van der Waals surface area contributed by atoms with E-state index in [1.54, 1.807) is 31.3 Å². The Labute approximate surface area is 74.2 Å². The Morgan fingerprint density at radius 2 is 1.50 bits per heavy atom. The molecule has 0 spiro atoms. The van der Waals surface area contributed by atoms with Crippen LogP contribution in [-0.4, -0.2) is 12.2 Å². The van der Waals surface area contributed by atoms with E-state index in [4.69, 9.17) is 5.11 Å². The fourth-order valence-electron chi connectivity index (χ4n) is 0.428. The molecule has 3 heteroatoms.